The summed E-state index contributed by atoms with van der Waals surface area (Å²) in [7, 11) is 0. The van der Waals surface area contributed by atoms with Gasteiger partial charge < -0.3 is 10.4 Å². The molecule has 1 fully saturated rings. The van der Waals surface area contributed by atoms with Crippen molar-refractivity contribution >= 4 is 5.78 Å². The molecule has 1 aromatic rings. The molecule has 74 valence electrons. The predicted octanol–water partition coefficient (Wildman–Crippen LogP) is 0.592. The van der Waals surface area contributed by atoms with E-state index in [1.165, 1.54) is 0 Å². The molecule has 2 rings (SSSR count). The number of hydrogen-bond acceptors (Lipinski definition) is 3. The third kappa shape index (κ3) is 1.84. The molecular formula is C11H13NO2. The minimum atomic E-state index is -0.382. The highest BCUT2D eigenvalue weighted by Crippen LogP contribution is 2.12. The number of rotatable bonds is 2. The van der Waals surface area contributed by atoms with Crippen LogP contribution in [0.15, 0.2) is 30.3 Å². The van der Waals surface area contributed by atoms with Crippen molar-refractivity contribution in [1.82, 2.24) is 5.32 Å². The zero-order chi connectivity index (χ0) is 9.97. The average molecular weight is 191 g/mol. The van der Waals surface area contributed by atoms with E-state index in [2.05, 4.69) is 5.32 Å². The largest absolute Gasteiger partial charge is 0.392 e. The van der Waals surface area contributed by atoms with Gasteiger partial charge in [-0.1, -0.05) is 30.3 Å². The van der Waals surface area contributed by atoms with Gasteiger partial charge in [0.25, 0.3) is 0 Å². The molecule has 0 aliphatic carbocycles. The van der Waals surface area contributed by atoms with Crippen molar-refractivity contribution < 1.29 is 9.90 Å². The van der Waals surface area contributed by atoms with Gasteiger partial charge in [-0.05, 0) is 6.42 Å². The Kier molecular flexibility index (Phi) is 2.61. The Hall–Kier alpha value is -1.19. The Bertz CT molecular complexity index is 323. The molecule has 0 radical (unpaired) electrons. The fourth-order valence-corrected chi connectivity index (χ4v) is 1.72. The van der Waals surface area contributed by atoms with Crippen LogP contribution in [-0.4, -0.2) is 29.6 Å². The predicted molar refractivity (Wildman–Crippen MR) is 53.2 cm³/mol. The first kappa shape index (κ1) is 9.37. The van der Waals surface area contributed by atoms with Crippen molar-refractivity contribution in [2.75, 3.05) is 6.54 Å². The van der Waals surface area contributed by atoms with Crippen LogP contribution in [0.3, 0.4) is 0 Å². The first-order valence-corrected chi connectivity index (χ1v) is 4.78. The lowest BCUT2D eigenvalue weighted by atomic mass is 10.0. The molecule has 2 N–H and O–H groups in total. The summed E-state index contributed by atoms with van der Waals surface area (Å²) in [6.07, 6.45) is 0.140. The van der Waals surface area contributed by atoms with Crippen molar-refractivity contribution in [3.8, 4) is 0 Å². The monoisotopic (exact) mass is 191 g/mol. The molecule has 3 heteroatoms. The maximum atomic E-state index is 11.8. The zero-order valence-electron chi connectivity index (χ0n) is 7.81. The molecule has 14 heavy (non-hydrogen) atoms. The summed E-state index contributed by atoms with van der Waals surface area (Å²) >= 11 is 0. The number of carbonyl (C=O) groups excluding carboxylic acids is 1. The van der Waals surface area contributed by atoms with E-state index in [4.69, 9.17) is 0 Å². The van der Waals surface area contributed by atoms with E-state index in [-0.39, 0.29) is 17.9 Å². The second kappa shape index (κ2) is 3.90. The summed E-state index contributed by atoms with van der Waals surface area (Å²) in [5.74, 6) is 0.0714. The number of benzene rings is 1. The Balaban J connectivity index is 2.10. The molecule has 1 saturated heterocycles. The lowest BCUT2D eigenvalue weighted by Crippen LogP contribution is -2.30. The highest BCUT2D eigenvalue weighted by Gasteiger charge is 2.28. The molecule has 3 nitrogen and oxygen atoms in total. The fraction of sp³-hybridized carbons (Fsp3) is 0.364. The molecule has 0 bridgehead atoms. The topological polar surface area (TPSA) is 49.3 Å². The molecule has 0 spiro atoms. The second-order valence-electron chi connectivity index (χ2n) is 3.58. The SMILES string of the molecule is O=C(c1ccccc1)[C@@H]1CC(O)CN1. The van der Waals surface area contributed by atoms with Gasteiger partial charge in [-0.2, -0.15) is 0 Å². The van der Waals surface area contributed by atoms with Crippen molar-refractivity contribution in [3.63, 3.8) is 0 Å². The van der Waals surface area contributed by atoms with Gasteiger partial charge in [0.2, 0.25) is 0 Å². The van der Waals surface area contributed by atoms with Crippen LogP contribution in [-0.2, 0) is 0 Å². The van der Waals surface area contributed by atoms with Gasteiger partial charge in [-0.3, -0.25) is 4.79 Å². The summed E-state index contributed by atoms with van der Waals surface area (Å²) in [5.41, 5.74) is 0.708. The maximum Gasteiger partial charge on any atom is 0.179 e. The smallest absolute Gasteiger partial charge is 0.179 e. The molecular weight excluding hydrogens is 178 g/mol. The standard InChI is InChI=1S/C11H13NO2/c13-9-6-10(12-7-9)11(14)8-4-2-1-3-5-8/h1-5,9-10,12-13H,6-7H2/t9?,10-/m0/s1. The number of Topliss-reactive ketones (excluding diaryl/α,β-unsaturated/α-hetero) is 1. The first-order chi connectivity index (χ1) is 6.77. The van der Waals surface area contributed by atoms with Gasteiger partial charge in [0, 0.05) is 12.1 Å². The van der Waals surface area contributed by atoms with E-state index in [0.29, 0.717) is 18.5 Å². The summed E-state index contributed by atoms with van der Waals surface area (Å²) < 4.78 is 0. The van der Waals surface area contributed by atoms with Gasteiger partial charge in [0.15, 0.2) is 5.78 Å². The lowest BCUT2D eigenvalue weighted by Gasteiger charge is -2.07. The van der Waals surface area contributed by atoms with E-state index in [9.17, 15) is 9.90 Å². The Morgan fingerprint density at radius 2 is 2.07 bits per heavy atom. The molecule has 2 atom stereocenters. The lowest BCUT2D eigenvalue weighted by molar-refractivity contribution is 0.0942. The number of carbonyl (C=O) groups is 1. The third-order valence-corrected chi connectivity index (χ3v) is 2.48. The number of aliphatic hydroxyl groups excluding tert-OH is 1. The summed E-state index contributed by atoms with van der Waals surface area (Å²) in [6, 6.07) is 8.96. The Morgan fingerprint density at radius 1 is 1.36 bits per heavy atom. The van der Waals surface area contributed by atoms with Gasteiger partial charge >= 0.3 is 0 Å². The molecule has 1 unspecified atom stereocenters. The van der Waals surface area contributed by atoms with Crippen LogP contribution in [0.5, 0.6) is 0 Å². The van der Waals surface area contributed by atoms with Crippen LogP contribution in [0, 0.1) is 0 Å². The van der Waals surface area contributed by atoms with E-state index in [0.717, 1.165) is 0 Å². The van der Waals surface area contributed by atoms with Gasteiger partial charge in [-0.25, -0.2) is 0 Å². The van der Waals surface area contributed by atoms with E-state index >= 15 is 0 Å². The van der Waals surface area contributed by atoms with E-state index in [1.807, 2.05) is 18.2 Å². The van der Waals surface area contributed by atoms with Crippen LogP contribution in [0.4, 0.5) is 0 Å². The zero-order valence-corrected chi connectivity index (χ0v) is 7.81. The van der Waals surface area contributed by atoms with E-state index < -0.39 is 0 Å². The molecule has 0 saturated carbocycles. The highest BCUT2D eigenvalue weighted by molar-refractivity contribution is 6.00. The van der Waals surface area contributed by atoms with Crippen molar-refractivity contribution in [3.05, 3.63) is 35.9 Å². The first-order valence-electron chi connectivity index (χ1n) is 4.78. The molecule has 0 amide bonds. The third-order valence-electron chi connectivity index (χ3n) is 2.48. The minimum Gasteiger partial charge on any atom is -0.392 e. The van der Waals surface area contributed by atoms with Gasteiger partial charge in [0.05, 0.1) is 12.1 Å². The normalized spacial score (nSPS) is 26.4. The number of hydrogen-bond donors (Lipinski definition) is 2. The average Bonchev–Trinajstić information content (AvgIpc) is 2.65. The molecule has 0 aromatic heterocycles. The number of β-amino-alcohol motifs (C(OH)–C–C–N with tert-alkyl or cyclic N) is 1. The quantitative estimate of drug-likeness (QED) is 0.673. The van der Waals surface area contributed by atoms with E-state index in [1.54, 1.807) is 12.1 Å². The summed E-state index contributed by atoms with van der Waals surface area (Å²) in [4.78, 5) is 11.8. The summed E-state index contributed by atoms with van der Waals surface area (Å²) in [5, 5.41) is 12.3. The van der Waals surface area contributed by atoms with Crippen LogP contribution in [0.2, 0.25) is 0 Å². The molecule has 1 aliphatic rings. The minimum absolute atomic E-state index is 0.0714. The molecule has 1 aromatic carbocycles. The maximum absolute atomic E-state index is 11.8. The van der Waals surface area contributed by atoms with Gasteiger partial charge in [0.1, 0.15) is 0 Å². The van der Waals surface area contributed by atoms with Crippen LogP contribution >= 0.6 is 0 Å². The number of aliphatic hydroxyl groups is 1. The number of ketones is 1. The highest BCUT2D eigenvalue weighted by atomic mass is 16.3. The van der Waals surface area contributed by atoms with Crippen LogP contribution < -0.4 is 5.32 Å². The van der Waals surface area contributed by atoms with Crippen molar-refractivity contribution in [2.45, 2.75) is 18.6 Å². The Labute approximate surface area is 82.8 Å². The molecule has 1 aliphatic heterocycles. The molecule has 1 heterocycles. The second-order valence-corrected chi connectivity index (χ2v) is 3.58. The summed E-state index contributed by atoms with van der Waals surface area (Å²) in [6.45, 7) is 0.517. The van der Waals surface area contributed by atoms with Crippen molar-refractivity contribution in [1.29, 1.82) is 0 Å². The van der Waals surface area contributed by atoms with Crippen LogP contribution in [0.1, 0.15) is 16.8 Å². The Morgan fingerprint density at radius 3 is 2.64 bits per heavy atom. The fourth-order valence-electron chi connectivity index (χ4n) is 1.72. The van der Waals surface area contributed by atoms with Crippen LogP contribution in [0.25, 0.3) is 0 Å². The van der Waals surface area contributed by atoms with Gasteiger partial charge in [-0.15, -0.1) is 0 Å². The number of nitrogens with one attached hydrogen (secondary N) is 1. The van der Waals surface area contributed by atoms with Crippen molar-refractivity contribution in [2.24, 2.45) is 0 Å².